The standard InChI is InChI=1S/C22H22FN3O2/c1-14(27)25-18-4-2-3-16(11-18)22(28)26-9-7-15(8-10-26)20-13-24-21-12-17(23)5-6-19(20)21/h2-6,11-13,15,24H,7-10H2,1H3,(H,25,27). The molecule has 0 aliphatic carbocycles. The first-order chi connectivity index (χ1) is 13.5. The third-order valence-corrected chi connectivity index (χ3v) is 5.33. The predicted molar refractivity (Wildman–Crippen MR) is 107 cm³/mol. The van der Waals surface area contributed by atoms with Gasteiger partial charge in [0, 0.05) is 48.4 Å². The van der Waals surface area contributed by atoms with Gasteiger partial charge in [-0.25, -0.2) is 4.39 Å². The van der Waals surface area contributed by atoms with E-state index in [-0.39, 0.29) is 17.6 Å². The van der Waals surface area contributed by atoms with Gasteiger partial charge in [-0.3, -0.25) is 9.59 Å². The predicted octanol–water partition coefficient (Wildman–Crippen LogP) is 4.29. The molecule has 0 saturated carbocycles. The van der Waals surface area contributed by atoms with Gasteiger partial charge in [0.25, 0.3) is 5.91 Å². The number of H-pyrrole nitrogens is 1. The Morgan fingerprint density at radius 1 is 1.14 bits per heavy atom. The molecule has 0 bridgehead atoms. The molecule has 1 aliphatic heterocycles. The van der Waals surface area contributed by atoms with Crippen LogP contribution in [0.3, 0.4) is 0 Å². The van der Waals surface area contributed by atoms with E-state index >= 15 is 0 Å². The summed E-state index contributed by atoms with van der Waals surface area (Å²) in [5, 5.41) is 3.76. The van der Waals surface area contributed by atoms with Crippen molar-refractivity contribution >= 4 is 28.4 Å². The van der Waals surface area contributed by atoms with E-state index in [9.17, 15) is 14.0 Å². The smallest absolute Gasteiger partial charge is 0.253 e. The minimum absolute atomic E-state index is 0.0216. The van der Waals surface area contributed by atoms with E-state index in [1.807, 2.05) is 17.2 Å². The zero-order valence-corrected chi connectivity index (χ0v) is 15.7. The highest BCUT2D eigenvalue weighted by Crippen LogP contribution is 2.33. The average Bonchev–Trinajstić information content (AvgIpc) is 3.10. The summed E-state index contributed by atoms with van der Waals surface area (Å²) in [7, 11) is 0. The third kappa shape index (κ3) is 3.63. The first-order valence-corrected chi connectivity index (χ1v) is 9.45. The van der Waals surface area contributed by atoms with Crippen molar-refractivity contribution in [2.45, 2.75) is 25.7 Å². The summed E-state index contributed by atoms with van der Waals surface area (Å²) in [4.78, 5) is 29.1. The Balaban J connectivity index is 1.45. The molecule has 1 aliphatic rings. The van der Waals surface area contributed by atoms with E-state index in [0.717, 1.165) is 23.7 Å². The molecule has 1 fully saturated rings. The molecule has 0 atom stereocenters. The largest absolute Gasteiger partial charge is 0.361 e. The molecule has 5 nitrogen and oxygen atoms in total. The third-order valence-electron chi connectivity index (χ3n) is 5.33. The Morgan fingerprint density at radius 2 is 1.93 bits per heavy atom. The quantitative estimate of drug-likeness (QED) is 0.713. The van der Waals surface area contributed by atoms with Crippen LogP contribution in [0.15, 0.2) is 48.7 Å². The summed E-state index contributed by atoms with van der Waals surface area (Å²) < 4.78 is 13.4. The van der Waals surface area contributed by atoms with Gasteiger partial charge in [0.15, 0.2) is 0 Å². The molecule has 28 heavy (non-hydrogen) atoms. The SMILES string of the molecule is CC(=O)Nc1cccc(C(=O)N2CCC(c3c[nH]c4cc(F)ccc34)CC2)c1. The number of fused-ring (bicyclic) bond motifs is 1. The molecule has 0 unspecified atom stereocenters. The number of rotatable bonds is 3. The number of benzene rings is 2. The normalized spacial score (nSPS) is 15.0. The topological polar surface area (TPSA) is 65.2 Å². The Hall–Kier alpha value is -3.15. The zero-order chi connectivity index (χ0) is 19.7. The number of piperidine rings is 1. The number of amides is 2. The molecule has 144 valence electrons. The summed E-state index contributed by atoms with van der Waals surface area (Å²) >= 11 is 0. The Morgan fingerprint density at radius 3 is 2.68 bits per heavy atom. The number of halogens is 1. The maximum absolute atomic E-state index is 13.4. The van der Waals surface area contributed by atoms with Crippen molar-refractivity contribution in [3.63, 3.8) is 0 Å². The van der Waals surface area contributed by atoms with Crippen LogP contribution in [0.2, 0.25) is 0 Å². The second kappa shape index (κ2) is 7.46. The number of hydrogen-bond donors (Lipinski definition) is 2. The number of hydrogen-bond acceptors (Lipinski definition) is 2. The minimum Gasteiger partial charge on any atom is -0.361 e. The van der Waals surface area contributed by atoms with Crippen molar-refractivity contribution in [2.75, 3.05) is 18.4 Å². The molecule has 2 aromatic carbocycles. The van der Waals surface area contributed by atoms with Gasteiger partial charge in [0.05, 0.1) is 0 Å². The first-order valence-electron chi connectivity index (χ1n) is 9.45. The second-order valence-corrected chi connectivity index (χ2v) is 7.26. The monoisotopic (exact) mass is 379 g/mol. The van der Waals surface area contributed by atoms with E-state index in [1.54, 1.807) is 24.3 Å². The molecule has 1 saturated heterocycles. The number of likely N-dealkylation sites (tertiary alicyclic amines) is 1. The van der Waals surface area contributed by atoms with E-state index in [2.05, 4.69) is 10.3 Å². The molecule has 6 heteroatoms. The van der Waals surface area contributed by atoms with Crippen LogP contribution in [0.5, 0.6) is 0 Å². The van der Waals surface area contributed by atoms with Crippen LogP contribution in [-0.4, -0.2) is 34.8 Å². The van der Waals surface area contributed by atoms with Gasteiger partial charge in [-0.2, -0.15) is 0 Å². The van der Waals surface area contributed by atoms with Gasteiger partial charge in [-0.1, -0.05) is 6.07 Å². The molecule has 0 radical (unpaired) electrons. The number of anilines is 1. The summed E-state index contributed by atoms with van der Waals surface area (Å²) in [5.74, 6) is -0.0903. The van der Waals surface area contributed by atoms with Gasteiger partial charge in [0.2, 0.25) is 5.91 Å². The van der Waals surface area contributed by atoms with Crippen LogP contribution in [0.4, 0.5) is 10.1 Å². The van der Waals surface area contributed by atoms with E-state index in [1.165, 1.54) is 24.6 Å². The van der Waals surface area contributed by atoms with E-state index < -0.39 is 0 Å². The van der Waals surface area contributed by atoms with Crippen molar-refractivity contribution in [3.8, 4) is 0 Å². The fourth-order valence-corrected chi connectivity index (χ4v) is 3.97. The van der Waals surface area contributed by atoms with Crippen LogP contribution in [0.25, 0.3) is 10.9 Å². The molecule has 2 amide bonds. The highest BCUT2D eigenvalue weighted by molar-refractivity contribution is 5.97. The first kappa shape index (κ1) is 18.2. The molecule has 1 aromatic heterocycles. The van der Waals surface area contributed by atoms with Crippen molar-refractivity contribution in [3.05, 3.63) is 65.6 Å². The van der Waals surface area contributed by atoms with Crippen LogP contribution in [0, 0.1) is 5.82 Å². The molecule has 3 aromatic rings. The highest BCUT2D eigenvalue weighted by Gasteiger charge is 2.26. The number of aromatic nitrogens is 1. The maximum Gasteiger partial charge on any atom is 0.253 e. The number of aromatic amines is 1. The fourth-order valence-electron chi connectivity index (χ4n) is 3.97. The summed E-state index contributed by atoms with van der Waals surface area (Å²) in [6.07, 6.45) is 3.69. The molecule has 2 heterocycles. The van der Waals surface area contributed by atoms with Gasteiger partial charge in [0.1, 0.15) is 5.82 Å². The van der Waals surface area contributed by atoms with Crippen LogP contribution >= 0.6 is 0 Å². The van der Waals surface area contributed by atoms with Crippen molar-refractivity contribution in [2.24, 2.45) is 0 Å². The molecule has 2 N–H and O–H groups in total. The Kier molecular flexibility index (Phi) is 4.86. The number of nitrogens with zero attached hydrogens (tertiary/aromatic N) is 1. The Bertz CT molecular complexity index is 1040. The highest BCUT2D eigenvalue weighted by atomic mass is 19.1. The molecule has 0 spiro atoms. The van der Waals surface area contributed by atoms with Crippen LogP contribution < -0.4 is 5.32 Å². The zero-order valence-electron chi connectivity index (χ0n) is 15.7. The summed E-state index contributed by atoms with van der Waals surface area (Å²) in [5.41, 5.74) is 3.20. The van der Waals surface area contributed by atoms with Gasteiger partial charge in [-0.05, 0) is 60.7 Å². The Labute approximate surface area is 162 Å². The van der Waals surface area contributed by atoms with Crippen molar-refractivity contribution in [1.29, 1.82) is 0 Å². The van der Waals surface area contributed by atoms with Crippen molar-refractivity contribution < 1.29 is 14.0 Å². The summed E-state index contributed by atoms with van der Waals surface area (Å²) in [6, 6.07) is 11.8. The van der Waals surface area contributed by atoms with Crippen molar-refractivity contribution in [1.82, 2.24) is 9.88 Å². The molecule has 4 rings (SSSR count). The lowest BCUT2D eigenvalue weighted by atomic mass is 9.89. The maximum atomic E-state index is 13.4. The van der Waals surface area contributed by atoms with Crippen LogP contribution in [0.1, 0.15) is 41.6 Å². The van der Waals surface area contributed by atoms with E-state index in [4.69, 9.17) is 0 Å². The van der Waals surface area contributed by atoms with Crippen LogP contribution in [-0.2, 0) is 4.79 Å². The lowest BCUT2D eigenvalue weighted by molar-refractivity contribution is -0.114. The van der Waals surface area contributed by atoms with Gasteiger partial charge < -0.3 is 15.2 Å². The number of nitrogens with one attached hydrogen (secondary N) is 2. The lowest BCUT2D eigenvalue weighted by Crippen LogP contribution is -2.37. The fraction of sp³-hybridized carbons (Fsp3) is 0.273. The summed E-state index contributed by atoms with van der Waals surface area (Å²) in [6.45, 7) is 2.78. The van der Waals surface area contributed by atoms with Gasteiger partial charge in [-0.15, -0.1) is 0 Å². The minimum atomic E-state index is -0.247. The van der Waals surface area contributed by atoms with Gasteiger partial charge >= 0.3 is 0 Å². The second-order valence-electron chi connectivity index (χ2n) is 7.26. The average molecular weight is 379 g/mol. The number of carbonyl (C=O) groups excluding carboxylic acids is 2. The molecular weight excluding hydrogens is 357 g/mol. The lowest BCUT2D eigenvalue weighted by Gasteiger charge is -2.32. The van der Waals surface area contributed by atoms with E-state index in [0.29, 0.717) is 30.3 Å². The molecular formula is C22H22FN3O2. The number of carbonyl (C=O) groups is 2.